The average Bonchev–Trinajstić information content (AvgIpc) is 2.87. The molecule has 1 heterocycles. The van der Waals surface area contributed by atoms with Crippen molar-refractivity contribution in [1.82, 2.24) is 10.2 Å². The van der Waals surface area contributed by atoms with Gasteiger partial charge in [0.25, 0.3) is 0 Å². The topological polar surface area (TPSA) is 32.3 Å². The molecule has 2 rings (SSSR count). The predicted molar refractivity (Wildman–Crippen MR) is 78.7 cm³/mol. The lowest BCUT2D eigenvalue weighted by Gasteiger charge is -2.26. The zero-order valence-corrected chi connectivity index (χ0v) is 13.0. The van der Waals surface area contributed by atoms with Gasteiger partial charge in [0.2, 0.25) is 5.91 Å². The summed E-state index contributed by atoms with van der Waals surface area (Å²) in [4.78, 5) is 14.7. The molecular formula is C16H30N2O. The third-order valence-corrected chi connectivity index (χ3v) is 4.70. The van der Waals surface area contributed by atoms with Crippen LogP contribution in [0.4, 0.5) is 0 Å². The maximum Gasteiger partial charge on any atom is 0.241 e. The Hall–Kier alpha value is -0.570. The molecule has 0 aromatic heterocycles. The van der Waals surface area contributed by atoms with Gasteiger partial charge < -0.3 is 4.90 Å². The Bertz CT molecular complexity index is 316. The van der Waals surface area contributed by atoms with Crippen LogP contribution in [0, 0.1) is 17.8 Å². The summed E-state index contributed by atoms with van der Waals surface area (Å²) in [7, 11) is 0. The molecule has 3 nitrogen and oxygen atoms in total. The van der Waals surface area contributed by atoms with Crippen molar-refractivity contribution in [2.45, 2.75) is 72.0 Å². The molecule has 19 heavy (non-hydrogen) atoms. The van der Waals surface area contributed by atoms with Crippen LogP contribution in [-0.4, -0.2) is 29.6 Å². The summed E-state index contributed by atoms with van der Waals surface area (Å²) in [6.45, 7) is 9.87. The molecule has 1 saturated heterocycles. The number of carbonyl (C=O) groups is 1. The van der Waals surface area contributed by atoms with Crippen molar-refractivity contribution in [2.24, 2.45) is 17.8 Å². The lowest BCUT2D eigenvalue weighted by Crippen LogP contribution is -2.39. The predicted octanol–water partition coefficient (Wildman–Crippen LogP) is 3.01. The van der Waals surface area contributed by atoms with Crippen LogP contribution >= 0.6 is 0 Å². The van der Waals surface area contributed by atoms with Crippen LogP contribution in [0.5, 0.6) is 0 Å². The monoisotopic (exact) mass is 266 g/mol. The Morgan fingerprint density at radius 3 is 2.63 bits per heavy atom. The number of carbonyl (C=O) groups excluding carboxylic acids is 1. The van der Waals surface area contributed by atoms with Crippen LogP contribution in [0.3, 0.4) is 0 Å². The first-order valence-electron chi connectivity index (χ1n) is 8.07. The molecule has 1 N–H and O–H groups in total. The molecule has 110 valence electrons. The van der Waals surface area contributed by atoms with Gasteiger partial charge in [0.05, 0.1) is 12.2 Å². The van der Waals surface area contributed by atoms with E-state index in [9.17, 15) is 4.79 Å². The highest BCUT2D eigenvalue weighted by atomic mass is 16.2. The molecule has 0 aromatic carbocycles. The third kappa shape index (κ3) is 3.50. The van der Waals surface area contributed by atoms with Gasteiger partial charge in [-0.1, -0.05) is 34.1 Å². The summed E-state index contributed by atoms with van der Waals surface area (Å²) >= 11 is 0. The van der Waals surface area contributed by atoms with E-state index < -0.39 is 0 Å². The van der Waals surface area contributed by atoms with E-state index >= 15 is 0 Å². The van der Waals surface area contributed by atoms with E-state index in [1.165, 1.54) is 19.3 Å². The number of hydrogen-bond acceptors (Lipinski definition) is 2. The maximum absolute atomic E-state index is 12.5. The summed E-state index contributed by atoms with van der Waals surface area (Å²) < 4.78 is 0. The minimum atomic E-state index is 0.0591. The second kappa shape index (κ2) is 6.25. The quantitative estimate of drug-likeness (QED) is 0.829. The largest absolute Gasteiger partial charge is 0.326 e. The molecule has 0 radical (unpaired) electrons. The fraction of sp³-hybridized carbons (Fsp3) is 0.938. The van der Waals surface area contributed by atoms with Crippen molar-refractivity contribution >= 4 is 5.91 Å². The highest BCUT2D eigenvalue weighted by Gasteiger charge is 2.39. The van der Waals surface area contributed by atoms with E-state index in [0.29, 0.717) is 11.8 Å². The first-order chi connectivity index (χ1) is 9.01. The van der Waals surface area contributed by atoms with Gasteiger partial charge in [-0.2, -0.15) is 0 Å². The Morgan fingerprint density at radius 1 is 1.37 bits per heavy atom. The van der Waals surface area contributed by atoms with Crippen LogP contribution in [0.15, 0.2) is 0 Å². The average molecular weight is 266 g/mol. The molecule has 3 heteroatoms. The number of hydrogen-bond donors (Lipinski definition) is 1. The minimum absolute atomic E-state index is 0.0591. The van der Waals surface area contributed by atoms with Gasteiger partial charge in [0.1, 0.15) is 0 Å². The van der Waals surface area contributed by atoms with E-state index in [1.54, 1.807) is 0 Å². The molecule has 0 spiro atoms. The molecule has 1 aliphatic heterocycles. The van der Waals surface area contributed by atoms with Crippen molar-refractivity contribution in [3.05, 3.63) is 0 Å². The number of rotatable bonds is 5. The summed E-state index contributed by atoms with van der Waals surface area (Å²) in [5.74, 6) is 2.50. The Labute approximate surface area is 118 Å². The van der Waals surface area contributed by atoms with Crippen LogP contribution < -0.4 is 5.32 Å². The van der Waals surface area contributed by atoms with Crippen molar-refractivity contribution in [1.29, 1.82) is 0 Å². The normalized spacial score (nSPS) is 35.6. The molecule has 4 unspecified atom stereocenters. The molecule has 1 saturated carbocycles. The molecule has 4 atom stereocenters. The lowest BCUT2D eigenvalue weighted by molar-refractivity contribution is -0.131. The Morgan fingerprint density at radius 2 is 2.11 bits per heavy atom. The first-order valence-corrected chi connectivity index (χ1v) is 8.07. The highest BCUT2D eigenvalue weighted by molar-refractivity contribution is 5.84. The van der Waals surface area contributed by atoms with Gasteiger partial charge in [-0.05, 0) is 43.4 Å². The van der Waals surface area contributed by atoms with Crippen LogP contribution in [0.25, 0.3) is 0 Å². The van der Waals surface area contributed by atoms with Gasteiger partial charge in [0, 0.05) is 6.54 Å². The van der Waals surface area contributed by atoms with Gasteiger partial charge in [-0.15, -0.1) is 0 Å². The molecule has 2 fully saturated rings. The molecule has 0 aromatic rings. The van der Waals surface area contributed by atoms with Crippen molar-refractivity contribution in [2.75, 3.05) is 6.54 Å². The fourth-order valence-corrected chi connectivity index (χ4v) is 3.71. The summed E-state index contributed by atoms with van der Waals surface area (Å²) in [6.07, 6.45) is 6.19. The van der Waals surface area contributed by atoms with E-state index in [0.717, 1.165) is 31.2 Å². The van der Waals surface area contributed by atoms with Crippen LogP contribution in [0.1, 0.15) is 59.8 Å². The van der Waals surface area contributed by atoms with E-state index in [4.69, 9.17) is 0 Å². The fourth-order valence-electron chi connectivity index (χ4n) is 3.71. The molecular weight excluding hydrogens is 236 g/mol. The minimum Gasteiger partial charge on any atom is -0.326 e. The maximum atomic E-state index is 12.5. The zero-order valence-electron chi connectivity index (χ0n) is 13.0. The first kappa shape index (κ1) is 14.8. The molecule has 0 bridgehead atoms. The Kier molecular flexibility index (Phi) is 4.88. The van der Waals surface area contributed by atoms with E-state index in [1.807, 2.05) is 0 Å². The standard InChI is InChI=1S/C16H30N2O/c1-5-15-17-14(8-11(2)3)16(19)18(15)10-13-7-6-12(4)9-13/h11-15,17H,5-10H2,1-4H3. The summed E-state index contributed by atoms with van der Waals surface area (Å²) in [6, 6.07) is 0.0591. The van der Waals surface area contributed by atoms with Crippen LogP contribution in [-0.2, 0) is 4.79 Å². The van der Waals surface area contributed by atoms with Gasteiger partial charge in [-0.25, -0.2) is 0 Å². The van der Waals surface area contributed by atoms with Crippen LogP contribution in [0.2, 0.25) is 0 Å². The smallest absolute Gasteiger partial charge is 0.241 e. The Balaban J connectivity index is 1.95. The van der Waals surface area contributed by atoms with Gasteiger partial charge >= 0.3 is 0 Å². The van der Waals surface area contributed by atoms with Crippen molar-refractivity contribution < 1.29 is 4.79 Å². The second-order valence-corrected chi connectivity index (χ2v) is 7.05. The van der Waals surface area contributed by atoms with Crippen molar-refractivity contribution in [3.63, 3.8) is 0 Å². The molecule has 1 aliphatic carbocycles. The zero-order chi connectivity index (χ0) is 14.0. The molecule has 2 aliphatic rings. The number of amides is 1. The van der Waals surface area contributed by atoms with E-state index in [-0.39, 0.29) is 12.2 Å². The second-order valence-electron chi connectivity index (χ2n) is 7.05. The van der Waals surface area contributed by atoms with Gasteiger partial charge in [-0.3, -0.25) is 10.1 Å². The number of nitrogens with one attached hydrogen (secondary N) is 1. The summed E-state index contributed by atoms with van der Waals surface area (Å²) in [5, 5.41) is 3.53. The third-order valence-electron chi connectivity index (χ3n) is 4.70. The SMILES string of the molecule is CCC1NC(CC(C)C)C(=O)N1CC1CCC(C)C1. The van der Waals surface area contributed by atoms with Crippen molar-refractivity contribution in [3.8, 4) is 0 Å². The highest BCUT2D eigenvalue weighted by Crippen LogP contribution is 2.32. The molecule has 1 amide bonds. The van der Waals surface area contributed by atoms with Gasteiger partial charge in [0.15, 0.2) is 0 Å². The summed E-state index contributed by atoms with van der Waals surface area (Å²) in [5.41, 5.74) is 0. The van der Waals surface area contributed by atoms with E-state index in [2.05, 4.69) is 37.9 Å². The number of nitrogens with zero attached hydrogens (tertiary/aromatic N) is 1. The lowest BCUT2D eigenvalue weighted by atomic mass is 10.0.